The Balaban J connectivity index is 1.88. The zero-order chi connectivity index (χ0) is 21.9. The van der Waals surface area contributed by atoms with Crippen molar-refractivity contribution in [2.24, 2.45) is 0 Å². The van der Waals surface area contributed by atoms with Gasteiger partial charge in [0.2, 0.25) is 0 Å². The van der Waals surface area contributed by atoms with Crippen LogP contribution in [0, 0.1) is 0 Å². The molecule has 0 fully saturated rings. The molecule has 0 spiro atoms. The highest BCUT2D eigenvalue weighted by Gasteiger charge is 2.19. The molecule has 0 radical (unpaired) electrons. The molecule has 7 nitrogen and oxygen atoms in total. The van der Waals surface area contributed by atoms with Crippen molar-refractivity contribution in [2.75, 3.05) is 9.44 Å². The fraction of sp³-hybridized carbons (Fsp3) is 0.0500. The number of nitrogens with one attached hydrogen (secondary N) is 2. The van der Waals surface area contributed by atoms with Crippen LogP contribution in [-0.2, 0) is 20.0 Å². The quantitative estimate of drug-likeness (QED) is 0.510. The van der Waals surface area contributed by atoms with Gasteiger partial charge in [0.15, 0.2) is 5.78 Å². The molecule has 0 unspecified atom stereocenters. The van der Waals surface area contributed by atoms with Gasteiger partial charge in [0.1, 0.15) is 0 Å². The van der Waals surface area contributed by atoms with Gasteiger partial charge in [-0.05, 0) is 55.5 Å². The van der Waals surface area contributed by atoms with Crippen LogP contribution in [0.1, 0.15) is 17.3 Å². The number of halogens is 1. The number of Topliss-reactive ketones (excluding diaryl/α,β-unsaturated/α-hetero) is 1. The van der Waals surface area contributed by atoms with Gasteiger partial charge < -0.3 is 0 Å². The molecule has 2 N–H and O–H groups in total. The first kappa shape index (κ1) is 21.8. The lowest BCUT2D eigenvalue weighted by Crippen LogP contribution is -2.16. The molecule has 0 bridgehead atoms. The predicted molar refractivity (Wildman–Crippen MR) is 116 cm³/mol. The van der Waals surface area contributed by atoms with Crippen molar-refractivity contribution >= 4 is 48.8 Å². The number of carbonyl (C=O) groups excluding carboxylic acids is 1. The number of benzene rings is 3. The number of carbonyl (C=O) groups is 1. The molecule has 0 aliphatic rings. The highest BCUT2D eigenvalue weighted by molar-refractivity contribution is 7.93. The van der Waals surface area contributed by atoms with Crippen molar-refractivity contribution in [2.45, 2.75) is 16.7 Å². The maximum absolute atomic E-state index is 12.7. The summed E-state index contributed by atoms with van der Waals surface area (Å²) in [6.45, 7) is 1.33. The maximum atomic E-state index is 12.7. The smallest absolute Gasteiger partial charge is 0.261 e. The van der Waals surface area contributed by atoms with E-state index in [1.165, 1.54) is 67.6 Å². The molecule has 0 amide bonds. The molecule has 0 aliphatic carbocycles. The Hall–Kier alpha value is -2.88. The van der Waals surface area contributed by atoms with Crippen LogP contribution in [-0.4, -0.2) is 22.6 Å². The number of sulfonamides is 2. The second kappa shape index (κ2) is 8.47. The van der Waals surface area contributed by atoms with Crippen molar-refractivity contribution in [3.63, 3.8) is 0 Å². The van der Waals surface area contributed by atoms with Crippen LogP contribution in [0.15, 0.2) is 82.6 Å². The highest BCUT2D eigenvalue weighted by atomic mass is 35.5. The van der Waals surface area contributed by atoms with E-state index in [1.54, 1.807) is 12.1 Å². The van der Waals surface area contributed by atoms with E-state index >= 15 is 0 Å². The molecule has 0 aromatic heterocycles. The van der Waals surface area contributed by atoms with Crippen LogP contribution >= 0.6 is 11.6 Å². The summed E-state index contributed by atoms with van der Waals surface area (Å²) in [5, 5.41) is 0.365. The topological polar surface area (TPSA) is 109 Å². The third kappa shape index (κ3) is 5.18. The molecule has 0 saturated heterocycles. The summed E-state index contributed by atoms with van der Waals surface area (Å²) in [4.78, 5) is 11.3. The molecule has 0 atom stereocenters. The number of anilines is 2. The number of rotatable bonds is 7. The molecule has 30 heavy (non-hydrogen) atoms. The van der Waals surface area contributed by atoms with E-state index in [-0.39, 0.29) is 32.5 Å². The van der Waals surface area contributed by atoms with Crippen LogP contribution in [0.3, 0.4) is 0 Å². The molecule has 10 heteroatoms. The van der Waals surface area contributed by atoms with Gasteiger partial charge in [0.25, 0.3) is 20.0 Å². The van der Waals surface area contributed by atoms with Gasteiger partial charge >= 0.3 is 0 Å². The van der Waals surface area contributed by atoms with Crippen molar-refractivity contribution < 1.29 is 21.6 Å². The van der Waals surface area contributed by atoms with E-state index in [2.05, 4.69) is 9.44 Å². The molecular weight excluding hydrogens is 448 g/mol. The lowest BCUT2D eigenvalue weighted by molar-refractivity contribution is 0.101. The summed E-state index contributed by atoms with van der Waals surface area (Å²) in [5.74, 6) is -0.271. The summed E-state index contributed by atoms with van der Waals surface area (Å²) in [6.07, 6.45) is 0. The Kier molecular flexibility index (Phi) is 6.16. The third-order valence-electron chi connectivity index (χ3n) is 4.02. The number of hydrogen-bond donors (Lipinski definition) is 2. The Labute approximate surface area is 179 Å². The van der Waals surface area contributed by atoms with Crippen LogP contribution in [0.2, 0.25) is 5.02 Å². The molecule has 0 heterocycles. The highest BCUT2D eigenvalue weighted by Crippen LogP contribution is 2.23. The van der Waals surface area contributed by atoms with Gasteiger partial charge in [-0.1, -0.05) is 35.9 Å². The van der Waals surface area contributed by atoms with Crippen LogP contribution in [0.4, 0.5) is 11.4 Å². The minimum absolute atomic E-state index is 0.0530. The van der Waals surface area contributed by atoms with E-state index in [4.69, 9.17) is 11.6 Å². The van der Waals surface area contributed by atoms with Gasteiger partial charge in [0.05, 0.1) is 21.2 Å². The van der Waals surface area contributed by atoms with Crippen molar-refractivity contribution in [3.8, 4) is 0 Å². The van der Waals surface area contributed by atoms with Gasteiger partial charge in [-0.2, -0.15) is 0 Å². The van der Waals surface area contributed by atoms with Gasteiger partial charge in [-0.3, -0.25) is 14.2 Å². The standard InChI is InChI=1S/C20H17ClN2O5S2/c1-14(24)15-5-2-9-19(11-15)29(25,26)23-18-8-4-10-20(13-18)30(27,28)22-17-7-3-6-16(21)12-17/h2-13,22-23H,1H3. The molecule has 0 aliphatic heterocycles. The molecule has 3 aromatic carbocycles. The average Bonchev–Trinajstić information content (AvgIpc) is 2.67. The van der Waals surface area contributed by atoms with E-state index in [0.717, 1.165) is 0 Å². The van der Waals surface area contributed by atoms with Crippen LogP contribution in [0.5, 0.6) is 0 Å². The van der Waals surface area contributed by atoms with Crippen molar-refractivity contribution in [1.82, 2.24) is 0 Å². The zero-order valence-electron chi connectivity index (χ0n) is 15.7. The van der Waals surface area contributed by atoms with E-state index < -0.39 is 20.0 Å². The van der Waals surface area contributed by atoms with Crippen LogP contribution < -0.4 is 9.44 Å². The minimum Gasteiger partial charge on any atom is -0.295 e. The third-order valence-corrected chi connectivity index (χ3v) is 7.02. The average molecular weight is 465 g/mol. The maximum Gasteiger partial charge on any atom is 0.261 e. The fourth-order valence-electron chi connectivity index (χ4n) is 2.59. The molecule has 3 rings (SSSR count). The first-order valence-electron chi connectivity index (χ1n) is 8.59. The monoisotopic (exact) mass is 464 g/mol. The molecule has 0 saturated carbocycles. The molecule has 3 aromatic rings. The summed E-state index contributed by atoms with van der Waals surface area (Å²) in [5.41, 5.74) is 0.576. The molecule has 156 valence electrons. The van der Waals surface area contributed by atoms with Gasteiger partial charge in [0, 0.05) is 10.6 Å². The SMILES string of the molecule is CC(=O)c1cccc(S(=O)(=O)Nc2cccc(S(=O)(=O)Nc3cccc(Cl)c3)c2)c1. The molecular formula is C20H17ClN2O5S2. The second-order valence-corrected chi connectivity index (χ2v) is 10.1. The van der Waals surface area contributed by atoms with Gasteiger partial charge in [-0.15, -0.1) is 0 Å². The van der Waals surface area contributed by atoms with Crippen LogP contribution in [0.25, 0.3) is 0 Å². The summed E-state index contributed by atoms with van der Waals surface area (Å²) >= 11 is 5.87. The lowest BCUT2D eigenvalue weighted by atomic mass is 10.2. The first-order valence-corrected chi connectivity index (χ1v) is 11.9. The van der Waals surface area contributed by atoms with Crippen molar-refractivity contribution in [3.05, 3.63) is 83.4 Å². The normalized spacial score (nSPS) is 11.7. The minimum atomic E-state index is -4.03. The number of hydrogen-bond acceptors (Lipinski definition) is 5. The largest absolute Gasteiger partial charge is 0.295 e. The van der Waals surface area contributed by atoms with Crippen molar-refractivity contribution in [1.29, 1.82) is 0 Å². The summed E-state index contributed by atoms with van der Waals surface area (Å²) in [7, 11) is -8.01. The van der Waals surface area contributed by atoms with E-state index in [0.29, 0.717) is 5.02 Å². The predicted octanol–water partition coefficient (Wildman–Crippen LogP) is 4.14. The van der Waals surface area contributed by atoms with Gasteiger partial charge in [-0.25, -0.2) is 16.8 Å². The fourth-order valence-corrected chi connectivity index (χ4v) is 4.97. The lowest BCUT2D eigenvalue weighted by Gasteiger charge is -2.12. The Morgan fingerprint density at radius 1 is 0.733 bits per heavy atom. The zero-order valence-corrected chi connectivity index (χ0v) is 18.1. The van der Waals surface area contributed by atoms with E-state index in [9.17, 15) is 21.6 Å². The summed E-state index contributed by atoms with van der Waals surface area (Å²) in [6, 6.07) is 17.1. The summed E-state index contributed by atoms with van der Waals surface area (Å²) < 4.78 is 55.4. The first-order chi connectivity index (χ1) is 14.1. The second-order valence-electron chi connectivity index (χ2n) is 6.33. The Bertz CT molecular complexity index is 1320. The Morgan fingerprint density at radius 3 is 1.80 bits per heavy atom. The number of ketones is 1. The Morgan fingerprint density at radius 2 is 1.23 bits per heavy atom. The van der Waals surface area contributed by atoms with E-state index in [1.807, 2.05) is 0 Å².